The van der Waals surface area contributed by atoms with E-state index in [-0.39, 0.29) is 24.3 Å². The van der Waals surface area contributed by atoms with Gasteiger partial charge in [-0.2, -0.15) is 4.68 Å². The standard InChI is InChI=1S/C10H15N5O3/c11-8-2-1-4-13(6-8)10(16)7-14-5-3-9(12-14)15(17)18/h3,5,8H,1-2,4,6-7,11H2. The van der Waals surface area contributed by atoms with Crippen LogP contribution in [0.25, 0.3) is 0 Å². The predicted octanol–water partition coefficient (Wildman–Crippen LogP) is -0.259. The molecule has 1 unspecified atom stereocenters. The highest BCUT2D eigenvalue weighted by Gasteiger charge is 2.22. The number of nitrogens with zero attached hydrogens (tertiary/aromatic N) is 4. The van der Waals surface area contributed by atoms with E-state index in [2.05, 4.69) is 5.10 Å². The summed E-state index contributed by atoms with van der Waals surface area (Å²) in [4.78, 5) is 23.5. The second kappa shape index (κ2) is 5.13. The summed E-state index contributed by atoms with van der Waals surface area (Å²) < 4.78 is 1.28. The number of nitro groups is 1. The fourth-order valence-electron chi connectivity index (χ4n) is 2.01. The number of hydrogen-bond acceptors (Lipinski definition) is 5. The number of carbonyl (C=O) groups is 1. The minimum absolute atomic E-state index is 0.0144. The maximum atomic E-state index is 11.9. The highest BCUT2D eigenvalue weighted by atomic mass is 16.6. The van der Waals surface area contributed by atoms with Crippen LogP contribution in [0.5, 0.6) is 0 Å². The zero-order valence-corrected chi connectivity index (χ0v) is 9.86. The van der Waals surface area contributed by atoms with Crippen LogP contribution in [0.2, 0.25) is 0 Å². The third kappa shape index (κ3) is 2.83. The Morgan fingerprint density at radius 3 is 3.06 bits per heavy atom. The molecule has 0 aromatic carbocycles. The first-order valence-corrected chi connectivity index (χ1v) is 5.77. The van der Waals surface area contributed by atoms with Crippen LogP contribution in [-0.4, -0.2) is 44.6 Å². The Morgan fingerprint density at radius 2 is 2.44 bits per heavy atom. The monoisotopic (exact) mass is 253 g/mol. The Labute approximate surface area is 104 Å². The third-order valence-electron chi connectivity index (χ3n) is 2.92. The van der Waals surface area contributed by atoms with Gasteiger partial charge < -0.3 is 20.7 Å². The molecule has 1 saturated heterocycles. The molecular weight excluding hydrogens is 238 g/mol. The summed E-state index contributed by atoms with van der Waals surface area (Å²) in [5.74, 6) is -0.360. The molecule has 0 radical (unpaired) electrons. The molecule has 98 valence electrons. The number of likely N-dealkylation sites (tertiary alicyclic amines) is 1. The molecule has 1 aromatic rings. The normalized spacial score (nSPS) is 19.8. The van der Waals surface area contributed by atoms with Crippen molar-refractivity contribution >= 4 is 11.7 Å². The van der Waals surface area contributed by atoms with Gasteiger partial charge in [-0.1, -0.05) is 0 Å². The Kier molecular flexibility index (Phi) is 3.56. The van der Waals surface area contributed by atoms with Gasteiger partial charge in [-0.05, 0) is 17.8 Å². The van der Waals surface area contributed by atoms with Crippen molar-refractivity contribution in [3.8, 4) is 0 Å². The maximum Gasteiger partial charge on any atom is 0.389 e. The first-order valence-electron chi connectivity index (χ1n) is 5.77. The lowest BCUT2D eigenvalue weighted by molar-refractivity contribution is -0.389. The lowest BCUT2D eigenvalue weighted by atomic mass is 10.1. The Balaban J connectivity index is 1.95. The number of nitrogens with two attached hydrogens (primary N) is 1. The summed E-state index contributed by atoms with van der Waals surface area (Å²) in [6.45, 7) is 1.25. The summed E-state index contributed by atoms with van der Waals surface area (Å²) in [7, 11) is 0. The number of piperidine rings is 1. The molecule has 1 fully saturated rings. The van der Waals surface area contributed by atoms with Crippen LogP contribution < -0.4 is 5.73 Å². The first-order chi connectivity index (χ1) is 8.56. The van der Waals surface area contributed by atoms with Gasteiger partial charge in [0.25, 0.3) is 0 Å². The van der Waals surface area contributed by atoms with Gasteiger partial charge in [-0.3, -0.25) is 4.79 Å². The van der Waals surface area contributed by atoms with Gasteiger partial charge in [0.1, 0.15) is 6.54 Å². The van der Waals surface area contributed by atoms with Gasteiger partial charge in [0.05, 0.1) is 17.4 Å². The quantitative estimate of drug-likeness (QED) is 0.590. The van der Waals surface area contributed by atoms with E-state index in [1.807, 2.05) is 0 Å². The highest BCUT2D eigenvalue weighted by molar-refractivity contribution is 5.76. The molecule has 1 atom stereocenters. The SMILES string of the molecule is NC1CCCN(C(=O)Cn2ccc([N+](=O)[O-])n2)C1. The van der Waals surface area contributed by atoms with Crippen LogP contribution in [-0.2, 0) is 11.3 Å². The van der Waals surface area contributed by atoms with E-state index >= 15 is 0 Å². The molecule has 0 spiro atoms. The summed E-state index contributed by atoms with van der Waals surface area (Å²) in [5.41, 5.74) is 5.79. The van der Waals surface area contributed by atoms with Crippen molar-refractivity contribution in [1.29, 1.82) is 0 Å². The van der Waals surface area contributed by atoms with Crippen molar-refractivity contribution in [3.05, 3.63) is 22.4 Å². The molecule has 0 bridgehead atoms. The van der Waals surface area contributed by atoms with Gasteiger partial charge in [0, 0.05) is 19.1 Å². The molecule has 8 nitrogen and oxygen atoms in total. The molecule has 1 amide bonds. The van der Waals surface area contributed by atoms with Crippen LogP contribution in [0, 0.1) is 10.1 Å². The van der Waals surface area contributed by atoms with E-state index in [9.17, 15) is 14.9 Å². The first kappa shape index (κ1) is 12.5. The number of rotatable bonds is 3. The van der Waals surface area contributed by atoms with Crippen molar-refractivity contribution in [2.45, 2.75) is 25.4 Å². The van der Waals surface area contributed by atoms with E-state index in [4.69, 9.17) is 5.73 Å². The molecule has 18 heavy (non-hydrogen) atoms. The molecule has 0 aliphatic carbocycles. The molecule has 1 aliphatic rings. The Hall–Kier alpha value is -1.96. The smallest absolute Gasteiger partial charge is 0.358 e. The maximum absolute atomic E-state index is 11.9. The highest BCUT2D eigenvalue weighted by Crippen LogP contribution is 2.10. The summed E-state index contributed by atoms with van der Waals surface area (Å²) in [6, 6.07) is 1.30. The van der Waals surface area contributed by atoms with Crippen LogP contribution in [0.3, 0.4) is 0 Å². The zero-order chi connectivity index (χ0) is 13.1. The fourth-order valence-corrected chi connectivity index (χ4v) is 2.01. The average Bonchev–Trinajstić information content (AvgIpc) is 2.77. The average molecular weight is 253 g/mol. The van der Waals surface area contributed by atoms with E-state index in [0.717, 1.165) is 12.8 Å². The topological polar surface area (TPSA) is 107 Å². The Bertz CT molecular complexity index is 458. The van der Waals surface area contributed by atoms with Gasteiger partial charge in [0.2, 0.25) is 5.91 Å². The summed E-state index contributed by atoms with van der Waals surface area (Å²) in [5, 5.41) is 14.2. The summed E-state index contributed by atoms with van der Waals surface area (Å²) >= 11 is 0. The van der Waals surface area contributed by atoms with Gasteiger partial charge in [-0.25, -0.2) is 0 Å². The molecule has 2 N–H and O–H groups in total. The predicted molar refractivity (Wildman–Crippen MR) is 62.7 cm³/mol. The minimum Gasteiger partial charge on any atom is -0.358 e. The van der Waals surface area contributed by atoms with Crippen LogP contribution in [0.15, 0.2) is 12.3 Å². The number of hydrogen-bond donors (Lipinski definition) is 1. The molecule has 8 heteroatoms. The summed E-state index contributed by atoms with van der Waals surface area (Å²) in [6.07, 6.45) is 3.25. The number of amides is 1. The van der Waals surface area contributed by atoms with E-state index < -0.39 is 4.92 Å². The lowest BCUT2D eigenvalue weighted by Gasteiger charge is -2.30. The largest absolute Gasteiger partial charge is 0.389 e. The molecule has 1 aliphatic heterocycles. The van der Waals surface area contributed by atoms with Crippen LogP contribution >= 0.6 is 0 Å². The lowest BCUT2D eigenvalue weighted by Crippen LogP contribution is -2.46. The van der Waals surface area contributed by atoms with Crippen molar-refractivity contribution in [2.24, 2.45) is 5.73 Å². The second-order valence-electron chi connectivity index (χ2n) is 4.37. The molecule has 2 rings (SSSR count). The van der Waals surface area contributed by atoms with Crippen molar-refractivity contribution in [3.63, 3.8) is 0 Å². The Morgan fingerprint density at radius 1 is 1.67 bits per heavy atom. The molecule has 2 heterocycles. The van der Waals surface area contributed by atoms with Crippen LogP contribution in [0.1, 0.15) is 12.8 Å². The van der Waals surface area contributed by atoms with Crippen LogP contribution in [0.4, 0.5) is 5.82 Å². The van der Waals surface area contributed by atoms with Crippen molar-refractivity contribution in [1.82, 2.24) is 14.7 Å². The zero-order valence-electron chi connectivity index (χ0n) is 9.86. The molecule has 0 saturated carbocycles. The number of carbonyl (C=O) groups excluding carboxylic acids is 1. The molecular formula is C10H15N5O3. The van der Waals surface area contributed by atoms with Crippen molar-refractivity contribution < 1.29 is 9.72 Å². The number of aromatic nitrogens is 2. The van der Waals surface area contributed by atoms with Gasteiger partial charge >= 0.3 is 5.82 Å². The third-order valence-corrected chi connectivity index (χ3v) is 2.92. The minimum atomic E-state index is -0.586. The van der Waals surface area contributed by atoms with Gasteiger partial charge in [0.15, 0.2) is 0 Å². The van der Waals surface area contributed by atoms with E-state index in [0.29, 0.717) is 13.1 Å². The molecule has 1 aromatic heterocycles. The van der Waals surface area contributed by atoms with E-state index in [1.165, 1.54) is 16.9 Å². The van der Waals surface area contributed by atoms with Gasteiger partial charge in [-0.15, -0.1) is 0 Å². The van der Waals surface area contributed by atoms with Crippen molar-refractivity contribution in [2.75, 3.05) is 13.1 Å². The fraction of sp³-hybridized carbons (Fsp3) is 0.600. The second-order valence-corrected chi connectivity index (χ2v) is 4.37. The van der Waals surface area contributed by atoms with E-state index in [1.54, 1.807) is 4.90 Å².